The lowest BCUT2D eigenvalue weighted by Crippen LogP contribution is -2.20. The van der Waals surface area contributed by atoms with E-state index in [1.165, 1.54) is 10.9 Å². The van der Waals surface area contributed by atoms with E-state index in [4.69, 9.17) is 30.8 Å². The smallest absolute Gasteiger partial charge is 0.343 e. The van der Waals surface area contributed by atoms with Crippen molar-refractivity contribution in [1.29, 1.82) is 0 Å². The van der Waals surface area contributed by atoms with E-state index < -0.39 is 5.97 Å². The summed E-state index contributed by atoms with van der Waals surface area (Å²) in [7, 11) is 1.55. The summed E-state index contributed by atoms with van der Waals surface area (Å²) in [6.07, 6.45) is 1.52. The Labute approximate surface area is 235 Å². The number of halogens is 1. The monoisotopic (exact) mass is 553 g/mol. The first-order valence-corrected chi connectivity index (χ1v) is 12.8. The molecule has 0 aliphatic heterocycles. The van der Waals surface area contributed by atoms with E-state index in [-0.39, 0.29) is 11.3 Å². The van der Waals surface area contributed by atoms with Crippen LogP contribution in [0.3, 0.4) is 0 Å². The maximum atomic E-state index is 13.4. The van der Waals surface area contributed by atoms with Crippen molar-refractivity contribution in [2.45, 2.75) is 6.92 Å². The van der Waals surface area contributed by atoms with E-state index >= 15 is 0 Å². The third-order valence-electron chi connectivity index (χ3n) is 5.97. The van der Waals surface area contributed by atoms with Crippen LogP contribution in [0.1, 0.15) is 22.8 Å². The van der Waals surface area contributed by atoms with Gasteiger partial charge >= 0.3 is 5.97 Å². The summed E-state index contributed by atoms with van der Waals surface area (Å²) in [4.78, 5) is 30.8. The van der Waals surface area contributed by atoms with E-state index in [9.17, 15) is 9.59 Å². The fourth-order valence-corrected chi connectivity index (χ4v) is 4.11. The first-order valence-electron chi connectivity index (χ1n) is 12.4. The van der Waals surface area contributed by atoms with Gasteiger partial charge in [0.05, 0.1) is 36.4 Å². The number of hydrogen-bond acceptors (Lipinski definition) is 7. The summed E-state index contributed by atoms with van der Waals surface area (Å²) >= 11 is 6.07. The van der Waals surface area contributed by atoms with Crippen LogP contribution in [0.4, 0.5) is 0 Å². The van der Waals surface area contributed by atoms with Crippen molar-refractivity contribution < 1.29 is 19.0 Å². The molecule has 0 atom stereocenters. The Morgan fingerprint density at radius 1 is 0.975 bits per heavy atom. The summed E-state index contributed by atoms with van der Waals surface area (Å²) in [5.74, 6) is 1.08. The molecule has 4 aromatic carbocycles. The second-order valence-electron chi connectivity index (χ2n) is 8.58. The zero-order valence-corrected chi connectivity index (χ0v) is 22.5. The maximum absolute atomic E-state index is 13.4. The Bertz CT molecular complexity index is 1760. The Balaban J connectivity index is 1.49. The molecule has 200 valence electrons. The molecule has 0 bridgehead atoms. The highest BCUT2D eigenvalue weighted by molar-refractivity contribution is 6.30. The van der Waals surface area contributed by atoms with Crippen molar-refractivity contribution in [2.75, 3.05) is 13.7 Å². The molecule has 9 heteroatoms. The predicted molar refractivity (Wildman–Crippen MR) is 155 cm³/mol. The minimum absolute atomic E-state index is 0.256. The van der Waals surface area contributed by atoms with Crippen molar-refractivity contribution in [3.63, 3.8) is 0 Å². The van der Waals surface area contributed by atoms with E-state index in [1.54, 1.807) is 92.0 Å². The Kier molecular flexibility index (Phi) is 7.89. The third-order valence-corrected chi connectivity index (χ3v) is 6.23. The Morgan fingerprint density at radius 3 is 2.45 bits per heavy atom. The van der Waals surface area contributed by atoms with Gasteiger partial charge in [0, 0.05) is 10.6 Å². The van der Waals surface area contributed by atoms with Crippen molar-refractivity contribution in [1.82, 2.24) is 9.66 Å². The van der Waals surface area contributed by atoms with Crippen LogP contribution < -0.4 is 19.8 Å². The molecule has 0 N–H and O–H groups in total. The van der Waals surface area contributed by atoms with Gasteiger partial charge in [0.2, 0.25) is 0 Å². The SMILES string of the molecule is CCOc1cc(C=Nn2c(-c3ccc(Cl)cc3)nc3ccccc3c2=O)ccc1OC(=O)c1ccc(OC)cc1. The van der Waals surface area contributed by atoms with Crippen LogP contribution in [0.5, 0.6) is 17.2 Å². The predicted octanol–water partition coefficient (Wildman–Crippen LogP) is 6.23. The van der Waals surface area contributed by atoms with Crippen LogP contribution in [0.15, 0.2) is 101 Å². The molecule has 0 aliphatic rings. The van der Waals surface area contributed by atoms with E-state index in [0.29, 0.717) is 56.5 Å². The number of para-hydroxylation sites is 1. The van der Waals surface area contributed by atoms with Gasteiger partial charge < -0.3 is 14.2 Å². The number of carbonyl (C=O) groups excluding carboxylic acids is 1. The molecule has 0 saturated heterocycles. The number of nitrogens with zero attached hydrogens (tertiary/aromatic N) is 3. The zero-order valence-electron chi connectivity index (χ0n) is 21.7. The number of benzene rings is 4. The molecule has 0 fully saturated rings. The van der Waals surface area contributed by atoms with Crippen LogP contribution in [0.25, 0.3) is 22.3 Å². The van der Waals surface area contributed by atoms with Crippen LogP contribution >= 0.6 is 11.6 Å². The number of aromatic nitrogens is 2. The Morgan fingerprint density at radius 2 is 1.73 bits per heavy atom. The third kappa shape index (κ3) is 5.72. The molecule has 0 unspecified atom stereocenters. The molecule has 5 aromatic rings. The topological polar surface area (TPSA) is 92.0 Å². The molecule has 0 aliphatic carbocycles. The number of carbonyl (C=O) groups is 1. The van der Waals surface area contributed by atoms with Gasteiger partial charge in [0.1, 0.15) is 5.75 Å². The number of esters is 1. The molecule has 0 spiro atoms. The van der Waals surface area contributed by atoms with Gasteiger partial charge in [0.25, 0.3) is 5.56 Å². The fraction of sp³-hybridized carbons (Fsp3) is 0.0968. The first kappa shape index (κ1) is 26.6. The second kappa shape index (κ2) is 11.8. The van der Waals surface area contributed by atoms with Crippen molar-refractivity contribution in [2.24, 2.45) is 5.10 Å². The first-order chi connectivity index (χ1) is 19.5. The lowest BCUT2D eigenvalue weighted by atomic mass is 10.2. The van der Waals surface area contributed by atoms with Gasteiger partial charge in [-0.15, -0.1) is 0 Å². The van der Waals surface area contributed by atoms with E-state index in [1.807, 2.05) is 13.0 Å². The largest absolute Gasteiger partial charge is 0.497 e. The number of hydrogen-bond donors (Lipinski definition) is 0. The summed E-state index contributed by atoms with van der Waals surface area (Å²) < 4.78 is 17.7. The lowest BCUT2D eigenvalue weighted by Gasteiger charge is -2.12. The van der Waals surface area contributed by atoms with Gasteiger partial charge in [-0.1, -0.05) is 23.7 Å². The van der Waals surface area contributed by atoms with Crippen LogP contribution in [0.2, 0.25) is 5.02 Å². The molecular weight excluding hydrogens is 530 g/mol. The quantitative estimate of drug-likeness (QED) is 0.129. The Hall–Kier alpha value is -4.95. The van der Waals surface area contributed by atoms with Gasteiger partial charge in [-0.2, -0.15) is 9.78 Å². The minimum atomic E-state index is -0.536. The average Bonchev–Trinajstić information content (AvgIpc) is 2.98. The molecule has 1 aromatic heterocycles. The number of fused-ring (bicyclic) bond motifs is 1. The van der Waals surface area contributed by atoms with Gasteiger partial charge in [-0.05, 0) is 91.3 Å². The molecule has 1 heterocycles. The highest BCUT2D eigenvalue weighted by atomic mass is 35.5. The van der Waals surface area contributed by atoms with Crippen molar-refractivity contribution in [3.8, 4) is 28.6 Å². The maximum Gasteiger partial charge on any atom is 0.343 e. The van der Waals surface area contributed by atoms with Gasteiger partial charge in [-0.3, -0.25) is 4.79 Å². The minimum Gasteiger partial charge on any atom is -0.497 e. The summed E-state index contributed by atoms with van der Waals surface area (Å²) in [5, 5.41) is 5.50. The highest BCUT2D eigenvalue weighted by Gasteiger charge is 2.15. The van der Waals surface area contributed by atoms with E-state index in [2.05, 4.69) is 5.10 Å². The number of methoxy groups -OCH3 is 1. The van der Waals surface area contributed by atoms with Gasteiger partial charge in [0.15, 0.2) is 17.3 Å². The van der Waals surface area contributed by atoms with E-state index in [0.717, 1.165) is 0 Å². The molecule has 0 amide bonds. The number of rotatable bonds is 8. The zero-order chi connectivity index (χ0) is 28.1. The standard InChI is InChI=1S/C31H24ClN3O5/c1-3-39-28-18-20(8-17-27(28)40-31(37)22-11-15-24(38-2)16-12-22)19-33-35-29(21-9-13-23(32)14-10-21)34-26-7-5-4-6-25(26)30(35)36/h4-19H,3H2,1-2H3. The molecule has 0 saturated carbocycles. The molecule has 0 radical (unpaired) electrons. The van der Waals surface area contributed by atoms with Crippen molar-refractivity contribution in [3.05, 3.63) is 117 Å². The van der Waals surface area contributed by atoms with Gasteiger partial charge in [-0.25, -0.2) is 9.78 Å². The average molecular weight is 554 g/mol. The highest BCUT2D eigenvalue weighted by Crippen LogP contribution is 2.29. The summed E-state index contributed by atoms with van der Waals surface area (Å²) in [5.41, 5.74) is 1.91. The normalized spacial score (nSPS) is 11.1. The van der Waals surface area contributed by atoms with Crippen molar-refractivity contribution >= 4 is 34.7 Å². The van der Waals surface area contributed by atoms with Crippen LogP contribution in [-0.4, -0.2) is 35.6 Å². The molecule has 40 heavy (non-hydrogen) atoms. The number of ether oxygens (including phenoxy) is 3. The van der Waals surface area contributed by atoms with Crippen LogP contribution in [0, 0.1) is 0 Å². The summed E-state index contributed by atoms with van der Waals surface area (Å²) in [6.45, 7) is 2.18. The molecule has 8 nitrogen and oxygen atoms in total. The lowest BCUT2D eigenvalue weighted by molar-refractivity contribution is 0.0728. The molecule has 5 rings (SSSR count). The fourth-order valence-electron chi connectivity index (χ4n) is 3.98. The molecular formula is C31H24ClN3O5. The summed E-state index contributed by atoms with van der Waals surface area (Å²) in [6, 6.07) is 25.7. The second-order valence-corrected chi connectivity index (χ2v) is 9.01. The van der Waals surface area contributed by atoms with Crippen LogP contribution in [-0.2, 0) is 0 Å².